The second kappa shape index (κ2) is 4.20. The Kier molecular flexibility index (Phi) is 2.36. The molecule has 4 rings (SSSR count). The number of fused-ring (bicyclic) bond motifs is 3. The van der Waals surface area contributed by atoms with Gasteiger partial charge in [-0.15, -0.1) is 0 Å². The van der Waals surface area contributed by atoms with Crippen molar-refractivity contribution in [2.75, 3.05) is 0 Å². The number of benzene rings is 1. The highest BCUT2D eigenvalue weighted by Gasteiger charge is 2.23. The maximum Gasteiger partial charge on any atom is 0.179 e. The SMILES string of the molecule is O=C1CCc2cnn(-c3ccccc3)c2-n2cccc21. The summed E-state index contributed by atoms with van der Waals surface area (Å²) < 4.78 is 3.85. The predicted molar refractivity (Wildman–Crippen MR) is 75.5 cm³/mol. The summed E-state index contributed by atoms with van der Waals surface area (Å²) in [5.41, 5.74) is 2.85. The average Bonchev–Trinajstić information content (AvgIpc) is 3.09. The van der Waals surface area contributed by atoms with Crippen molar-refractivity contribution in [3.8, 4) is 11.5 Å². The van der Waals surface area contributed by atoms with Gasteiger partial charge in [0.1, 0.15) is 5.82 Å². The lowest BCUT2D eigenvalue weighted by Crippen LogP contribution is -2.09. The number of nitrogens with zero attached hydrogens (tertiary/aromatic N) is 3. The Bertz CT molecular complexity index is 783. The first-order valence-corrected chi connectivity index (χ1v) is 6.68. The summed E-state index contributed by atoms with van der Waals surface area (Å²) >= 11 is 0. The molecule has 0 saturated carbocycles. The van der Waals surface area contributed by atoms with Crippen molar-refractivity contribution in [3.05, 3.63) is 66.1 Å². The molecule has 0 spiro atoms. The number of para-hydroxylation sites is 1. The molecule has 3 heterocycles. The molecule has 20 heavy (non-hydrogen) atoms. The van der Waals surface area contributed by atoms with Gasteiger partial charge in [0.15, 0.2) is 5.78 Å². The van der Waals surface area contributed by atoms with E-state index in [0.29, 0.717) is 6.42 Å². The van der Waals surface area contributed by atoms with Gasteiger partial charge in [-0.2, -0.15) is 5.10 Å². The number of Topliss-reactive ketones (excluding diaryl/α,β-unsaturated/α-hetero) is 1. The molecule has 0 aliphatic carbocycles. The zero-order chi connectivity index (χ0) is 13.5. The summed E-state index contributed by atoms with van der Waals surface area (Å²) in [7, 11) is 0. The van der Waals surface area contributed by atoms with Gasteiger partial charge < -0.3 is 0 Å². The number of carbonyl (C=O) groups excluding carboxylic acids is 1. The summed E-state index contributed by atoms with van der Waals surface area (Å²) in [6, 6.07) is 13.8. The first-order valence-electron chi connectivity index (χ1n) is 6.68. The molecule has 4 nitrogen and oxygen atoms in total. The first kappa shape index (κ1) is 11.2. The van der Waals surface area contributed by atoms with E-state index in [1.165, 1.54) is 0 Å². The third kappa shape index (κ3) is 1.54. The Morgan fingerprint density at radius 1 is 1.00 bits per heavy atom. The predicted octanol–water partition coefficient (Wildman–Crippen LogP) is 2.79. The van der Waals surface area contributed by atoms with Crippen LogP contribution in [0, 0.1) is 0 Å². The maximum absolute atomic E-state index is 12.1. The fourth-order valence-electron chi connectivity index (χ4n) is 2.74. The summed E-state index contributed by atoms with van der Waals surface area (Å²) in [4.78, 5) is 12.1. The van der Waals surface area contributed by atoms with E-state index >= 15 is 0 Å². The molecule has 2 aromatic heterocycles. The molecule has 0 fully saturated rings. The van der Waals surface area contributed by atoms with Crippen LogP contribution in [0.3, 0.4) is 0 Å². The highest BCUT2D eigenvalue weighted by molar-refractivity contribution is 5.96. The zero-order valence-corrected chi connectivity index (χ0v) is 10.9. The lowest BCUT2D eigenvalue weighted by molar-refractivity contribution is 0.0978. The van der Waals surface area contributed by atoms with Crippen LogP contribution in [0.15, 0.2) is 54.9 Å². The minimum Gasteiger partial charge on any atom is -0.298 e. The van der Waals surface area contributed by atoms with E-state index in [1.54, 1.807) is 0 Å². The molecule has 0 unspecified atom stereocenters. The van der Waals surface area contributed by atoms with Crippen LogP contribution >= 0.6 is 0 Å². The second-order valence-corrected chi connectivity index (χ2v) is 4.93. The standard InChI is InChI=1S/C16H13N3O/c20-15-9-8-12-11-17-19(13-5-2-1-3-6-13)16(12)18-10-4-7-14(15)18/h1-7,10-11H,8-9H2. The van der Waals surface area contributed by atoms with E-state index in [0.717, 1.165) is 29.2 Å². The van der Waals surface area contributed by atoms with Gasteiger partial charge in [-0.25, -0.2) is 4.68 Å². The fraction of sp³-hybridized carbons (Fsp3) is 0.125. The average molecular weight is 263 g/mol. The van der Waals surface area contributed by atoms with Gasteiger partial charge in [-0.05, 0) is 30.7 Å². The Morgan fingerprint density at radius 3 is 2.70 bits per heavy atom. The van der Waals surface area contributed by atoms with Gasteiger partial charge >= 0.3 is 0 Å². The molecule has 4 heteroatoms. The zero-order valence-electron chi connectivity index (χ0n) is 10.9. The third-order valence-electron chi connectivity index (χ3n) is 3.70. The third-order valence-corrected chi connectivity index (χ3v) is 3.70. The van der Waals surface area contributed by atoms with Gasteiger partial charge in [-0.1, -0.05) is 18.2 Å². The van der Waals surface area contributed by atoms with Crippen molar-refractivity contribution < 1.29 is 4.79 Å². The summed E-state index contributed by atoms with van der Waals surface area (Å²) in [5, 5.41) is 4.50. The van der Waals surface area contributed by atoms with Crippen LogP contribution in [0.2, 0.25) is 0 Å². The Labute approximate surface area is 116 Å². The lowest BCUT2D eigenvalue weighted by atomic mass is 10.1. The van der Waals surface area contributed by atoms with Gasteiger partial charge in [0, 0.05) is 18.2 Å². The van der Waals surface area contributed by atoms with Crippen LogP contribution in [0.25, 0.3) is 11.5 Å². The van der Waals surface area contributed by atoms with Gasteiger partial charge in [0.25, 0.3) is 0 Å². The number of carbonyl (C=O) groups is 1. The molecule has 0 amide bonds. The van der Waals surface area contributed by atoms with Crippen LogP contribution in [0.1, 0.15) is 22.5 Å². The lowest BCUT2D eigenvalue weighted by Gasteiger charge is -2.10. The number of rotatable bonds is 1. The van der Waals surface area contributed by atoms with Crippen molar-refractivity contribution in [2.45, 2.75) is 12.8 Å². The quantitative estimate of drug-likeness (QED) is 0.677. The molecule has 0 radical (unpaired) electrons. The Hall–Kier alpha value is -2.62. The van der Waals surface area contributed by atoms with Crippen LogP contribution in [-0.4, -0.2) is 20.1 Å². The molecule has 0 atom stereocenters. The number of hydrogen-bond acceptors (Lipinski definition) is 2. The molecule has 0 bridgehead atoms. The van der Waals surface area contributed by atoms with Crippen molar-refractivity contribution >= 4 is 5.78 Å². The number of hydrogen-bond donors (Lipinski definition) is 0. The summed E-state index contributed by atoms with van der Waals surface area (Å²) in [6.45, 7) is 0. The molecular formula is C16H13N3O. The van der Waals surface area contributed by atoms with E-state index in [2.05, 4.69) is 5.10 Å². The van der Waals surface area contributed by atoms with Crippen molar-refractivity contribution in [2.24, 2.45) is 0 Å². The number of ketones is 1. The van der Waals surface area contributed by atoms with Gasteiger partial charge in [-0.3, -0.25) is 9.36 Å². The molecule has 0 saturated heterocycles. The van der Waals surface area contributed by atoms with Gasteiger partial charge in [0.05, 0.1) is 17.6 Å². The number of aryl methyl sites for hydroxylation is 1. The molecule has 0 N–H and O–H groups in total. The van der Waals surface area contributed by atoms with E-state index < -0.39 is 0 Å². The highest BCUT2D eigenvalue weighted by atomic mass is 16.1. The van der Waals surface area contributed by atoms with E-state index in [-0.39, 0.29) is 5.78 Å². The van der Waals surface area contributed by atoms with E-state index in [1.807, 2.05) is 64.1 Å². The van der Waals surface area contributed by atoms with E-state index in [9.17, 15) is 4.79 Å². The first-order chi connectivity index (χ1) is 9.84. The monoisotopic (exact) mass is 263 g/mol. The van der Waals surface area contributed by atoms with Crippen molar-refractivity contribution in [1.29, 1.82) is 0 Å². The van der Waals surface area contributed by atoms with Crippen LogP contribution in [0.4, 0.5) is 0 Å². The van der Waals surface area contributed by atoms with Crippen LogP contribution < -0.4 is 0 Å². The smallest absolute Gasteiger partial charge is 0.179 e. The molecule has 1 aromatic carbocycles. The molecule has 98 valence electrons. The maximum atomic E-state index is 12.1. The van der Waals surface area contributed by atoms with E-state index in [4.69, 9.17) is 0 Å². The summed E-state index contributed by atoms with van der Waals surface area (Å²) in [6.07, 6.45) is 5.07. The largest absolute Gasteiger partial charge is 0.298 e. The Morgan fingerprint density at radius 2 is 1.85 bits per heavy atom. The van der Waals surface area contributed by atoms with Gasteiger partial charge in [0.2, 0.25) is 0 Å². The second-order valence-electron chi connectivity index (χ2n) is 4.93. The minimum absolute atomic E-state index is 0.186. The Balaban J connectivity index is 1.99. The topological polar surface area (TPSA) is 39.8 Å². The molecule has 3 aromatic rings. The van der Waals surface area contributed by atoms with Crippen LogP contribution in [-0.2, 0) is 6.42 Å². The normalized spacial score (nSPS) is 13.7. The van der Waals surface area contributed by atoms with Crippen molar-refractivity contribution in [3.63, 3.8) is 0 Å². The van der Waals surface area contributed by atoms with Crippen molar-refractivity contribution in [1.82, 2.24) is 14.3 Å². The molecule has 1 aliphatic heterocycles. The number of aromatic nitrogens is 3. The van der Waals surface area contributed by atoms with Crippen LogP contribution in [0.5, 0.6) is 0 Å². The molecular weight excluding hydrogens is 250 g/mol. The summed E-state index contributed by atoms with van der Waals surface area (Å²) in [5.74, 6) is 1.16. The fourth-order valence-corrected chi connectivity index (χ4v) is 2.74. The highest BCUT2D eigenvalue weighted by Crippen LogP contribution is 2.26. The molecule has 1 aliphatic rings. The minimum atomic E-state index is 0.186.